The van der Waals surface area contributed by atoms with Crippen LogP contribution in [0.4, 0.5) is 15.5 Å². The van der Waals surface area contributed by atoms with Gasteiger partial charge in [-0.1, -0.05) is 0 Å². The van der Waals surface area contributed by atoms with Crippen molar-refractivity contribution in [2.75, 3.05) is 26.1 Å². The lowest BCUT2D eigenvalue weighted by Crippen LogP contribution is -2.35. The zero-order valence-corrected chi connectivity index (χ0v) is 17.6. The Hall–Kier alpha value is -3.73. The van der Waals surface area contributed by atoms with Crippen molar-refractivity contribution >= 4 is 46.1 Å². The molecule has 11 heteroatoms. The van der Waals surface area contributed by atoms with Gasteiger partial charge >= 0.3 is 12.1 Å². The Morgan fingerprint density at radius 2 is 1.90 bits per heavy atom. The van der Waals surface area contributed by atoms with Crippen LogP contribution < -0.4 is 5.32 Å². The Kier molecular flexibility index (Phi) is 6.65. The molecule has 2 heterocycles. The van der Waals surface area contributed by atoms with Gasteiger partial charge in [0.05, 0.1) is 31.3 Å². The Morgan fingerprint density at radius 3 is 2.52 bits per heavy atom. The summed E-state index contributed by atoms with van der Waals surface area (Å²) in [4.78, 5) is 49.1. The SMILES string of the molecule is COC(=O)c1c(NC(=O)/C=C\c2ccc([N+](=O)[O-])cc2)sc2c1CCN(C(=O)OC)C2. The van der Waals surface area contributed by atoms with E-state index in [1.54, 1.807) is 0 Å². The summed E-state index contributed by atoms with van der Waals surface area (Å²) in [6.07, 6.45) is 2.74. The van der Waals surface area contributed by atoms with Crippen LogP contribution in [0.5, 0.6) is 0 Å². The summed E-state index contributed by atoms with van der Waals surface area (Å²) < 4.78 is 9.63. The lowest BCUT2D eigenvalue weighted by atomic mass is 10.0. The van der Waals surface area contributed by atoms with Crippen LogP contribution in [0, 0.1) is 10.1 Å². The zero-order valence-electron chi connectivity index (χ0n) is 16.7. The number of nitro groups is 1. The molecule has 1 aliphatic rings. The Balaban J connectivity index is 1.79. The molecule has 0 bridgehead atoms. The van der Waals surface area contributed by atoms with Gasteiger partial charge in [-0.25, -0.2) is 9.59 Å². The molecular weight excluding hydrogens is 426 g/mol. The number of ether oxygens (including phenoxy) is 2. The number of benzene rings is 1. The van der Waals surface area contributed by atoms with Gasteiger partial charge < -0.3 is 19.7 Å². The third kappa shape index (κ3) is 4.89. The summed E-state index contributed by atoms with van der Waals surface area (Å²) in [5.41, 5.74) is 1.58. The first-order chi connectivity index (χ1) is 14.8. The van der Waals surface area contributed by atoms with E-state index in [-0.39, 0.29) is 17.8 Å². The molecule has 0 spiro atoms. The maximum Gasteiger partial charge on any atom is 0.409 e. The average molecular weight is 445 g/mol. The van der Waals surface area contributed by atoms with E-state index in [2.05, 4.69) is 5.32 Å². The van der Waals surface area contributed by atoms with Crippen LogP contribution in [0.2, 0.25) is 0 Å². The second-order valence-electron chi connectivity index (χ2n) is 6.51. The predicted octanol–water partition coefficient (Wildman–Crippen LogP) is 3.22. The van der Waals surface area contributed by atoms with Crippen molar-refractivity contribution in [1.29, 1.82) is 0 Å². The van der Waals surface area contributed by atoms with E-state index in [1.165, 1.54) is 66.9 Å². The van der Waals surface area contributed by atoms with Gasteiger partial charge in [-0.3, -0.25) is 14.9 Å². The summed E-state index contributed by atoms with van der Waals surface area (Å²) in [7, 11) is 2.56. The molecule has 2 amide bonds. The number of carbonyl (C=O) groups is 3. The van der Waals surface area contributed by atoms with Gasteiger partial charge in [-0.2, -0.15) is 0 Å². The van der Waals surface area contributed by atoms with Crippen molar-refractivity contribution in [3.05, 3.63) is 62.0 Å². The fourth-order valence-electron chi connectivity index (χ4n) is 3.13. The minimum atomic E-state index is -0.571. The van der Waals surface area contributed by atoms with Crippen LogP contribution in [-0.4, -0.2) is 48.6 Å². The highest BCUT2D eigenvalue weighted by molar-refractivity contribution is 7.17. The molecule has 2 aromatic rings. The summed E-state index contributed by atoms with van der Waals surface area (Å²) in [5, 5.41) is 13.7. The normalized spacial score (nSPS) is 12.9. The molecule has 0 saturated carbocycles. The van der Waals surface area contributed by atoms with Crippen LogP contribution in [0.1, 0.15) is 26.4 Å². The maximum absolute atomic E-state index is 12.4. The monoisotopic (exact) mass is 445 g/mol. The van der Waals surface area contributed by atoms with E-state index >= 15 is 0 Å². The van der Waals surface area contributed by atoms with Crippen molar-refractivity contribution in [2.45, 2.75) is 13.0 Å². The minimum Gasteiger partial charge on any atom is -0.465 e. The number of methoxy groups -OCH3 is 2. The third-order valence-electron chi connectivity index (χ3n) is 4.65. The fourth-order valence-corrected chi connectivity index (χ4v) is 4.38. The molecule has 31 heavy (non-hydrogen) atoms. The van der Waals surface area contributed by atoms with Gasteiger partial charge in [0.2, 0.25) is 5.91 Å². The molecule has 0 saturated heterocycles. The van der Waals surface area contributed by atoms with Crippen LogP contribution in [-0.2, 0) is 27.2 Å². The molecule has 1 aliphatic heterocycles. The van der Waals surface area contributed by atoms with Gasteiger partial charge in [0, 0.05) is 29.6 Å². The van der Waals surface area contributed by atoms with Gasteiger partial charge in [0.1, 0.15) is 5.00 Å². The quantitative estimate of drug-likeness (QED) is 0.324. The minimum absolute atomic E-state index is 0.0468. The molecule has 0 fully saturated rings. The van der Waals surface area contributed by atoms with Crippen molar-refractivity contribution in [1.82, 2.24) is 4.90 Å². The number of nitro benzene ring substituents is 1. The van der Waals surface area contributed by atoms with E-state index in [1.807, 2.05) is 0 Å². The molecule has 0 unspecified atom stereocenters. The van der Waals surface area contributed by atoms with Gasteiger partial charge in [-0.15, -0.1) is 11.3 Å². The summed E-state index contributed by atoms with van der Waals surface area (Å²) in [6.45, 7) is 0.652. The molecule has 162 valence electrons. The lowest BCUT2D eigenvalue weighted by Gasteiger charge is -2.25. The molecule has 1 aromatic carbocycles. The Labute approximate surface area is 181 Å². The van der Waals surface area contributed by atoms with E-state index in [9.17, 15) is 24.5 Å². The molecule has 3 rings (SSSR count). The second-order valence-corrected chi connectivity index (χ2v) is 7.62. The van der Waals surface area contributed by atoms with Gasteiger partial charge in [-0.05, 0) is 35.8 Å². The smallest absolute Gasteiger partial charge is 0.409 e. The standard InChI is InChI=1S/C20H19N3O7S/c1-29-19(25)17-14-9-10-22(20(26)30-2)11-15(14)31-18(17)21-16(24)8-5-12-3-6-13(7-4-12)23(27)28/h3-8H,9-11H2,1-2H3,(H,21,24)/b8-5-. The Bertz CT molecular complexity index is 1060. The predicted molar refractivity (Wildman–Crippen MR) is 113 cm³/mol. The highest BCUT2D eigenvalue weighted by atomic mass is 32.1. The van der Waals surface area contributed by atoms with E-state index in [0.29, 0.717) is 23.5 Å². The molecule has 1 N–H and O–H groups in total. The number of hydrogen-bond acceptors (Lipinski definition) is 8. The average Bonchev–Trinajstić information content (AvgIpc) is 3.13. The molecule has 0 aliphatic carbocycles. The Morgan fingerprint density at radius 1 is 1.19 bits per heavy atom. The number of carbonyl (C=O) groups excluding carboxylic acids is 3. The van der Waals surface area contributed by atoms with Crippen LogP contribution >= 0.6 is 11.3 Å². The number of esters is 1. The zero-order chi connectivity index (χ0) is 22.5. The largest absolute Gasteiger partial charge is 0.465 e. The number of non-ortho nitro benzene ring substituents is 1. The van der Waals surface area contributed by atoms with E-state index in [0.717, 1.165) is 10.4 Å². The number of hydrogen-bond donors (Lipinski definition) is 1. The maximum atomic E-state index is 12.4. The highest BCUT2D eigenvalue weighted by Crippen LogP contribution is 2.37. The number of anilines is 1. The fraction of sp³-hybridized carbons (Fsp3) is 0.250. The van der Waals surface area contributed by atoms with Crippen molar-refractivity contribution in [3.8, 4) is 0 Å². The third-order valence-corrected chi connectivity index (χ3v) is 5.78. The number of thiophene rings is 1. The van der Waals surface area contributed by atoms with Gasteiger partial charge in [0.15, 0.2) is 0 Å². The number of nitrogens with one attached hydrogen (secondary N) is 1. The van der Waals surface area contributed by atoms with E-state index < -0.39 is 22.9 Å². The lowest BCUT2D eigenvalue weighted by molar-refractivity contribution is -0.384. The first-order valence-corrected chi connectivity index (χ1v) is 9.95. The van der Waals surface area contributed by atoms with Gasteiger partial charge in [0.25, 0.3) is 5.69 Å². The molecule has 10 nitrogen and oxygen atoms in total. The molecular formula is C20H19N3O7S. The van der Waals surface area contributed by atoms with Crippen LogP contribution in [0.3, 0.4) is 0 Å². The van der Waals surface area contributed by atoms with Crippen LogP contribution in [0.25, 0.3) is 6.08 Å². The van der Waals surface area contributed by atoms with Crippen molar-refractivity contribution in [2.24, 2.45) is 0 Å². The summed E-state index contributed by atoms with van der Waals surface area (Å²) >= 11 is 1.20. The summed E-state index contributed by atoms with van der Waals surface area (Å²) in [5.74, 6) is -1.05. The number of nitrogens with zero attached hydrogens (tertiary/aromatic N) is 2. The van der Waals surface area contributed by atoms with E-state index in [4.69, 9.17) is 9.47 Å². The van der Waals surface area contributed by atoms with Crippen molar-refractivity contribution in [3.63, 3.8) is 0 Å². The topological polar surface area (TPSA) is 128 Å². The number of fused-ring (bicyclic) bond motifs is 1. The molecule has 0 radical (unpaired) electrons. The molecule has 1 aromatic heterocycles. The summed E-state index contributed by atoms with van der Waals surface area (Å²) in [6, 6.07) is 5.72. The number of rotatable bonds is 5. The first kappa shape index (κ1) is 22.0. The first-order valence-electron chi connectivity index (χ1n) is 9.13. The number of amides is 2. The molecule has 0 atom stereocenters. The second kappa shape index (κ2) is 9.39. The van der Waals surface area contributed by atoms with Crippen molar-refractivity contribution < 1.29 is 28.8 Å². The van der Waals surface area contributed by atoms with Crippen LogP contribution in [0.15, 0.2) is 30.3 Å². The highest BCUT2D eigenvalue weighted by Gasteiger charge is 2.30.